The normalized spacial score (nSPS) is 10.2. The second kappa shape index (κ2) is 5.39. The Morgan fingerprint density at radius 3 is 2.90 bits per heavy atom. The molecule has 8 nitrogen and oxygen atoms in total. The fourth-order valence-electron chi connectivity index (χ4n) is 1.72. The third-order valence-corrected chi connectivity index (χ3v) is 2.49. The van der Waals surface area contributed by atoms with Crippen LogP contribution in [-0.2, 0) is 11.3 Å². The van der Waals surface area contributed by atoms with E-state index < -0.39 is 10.8 Å². The fourth-order valence-corrected chi connectivity index (χ4v) is 1.72. The first-order chi connectivity index (χ1) is 9.45. The molecule has 0 atom stereocenters. The molecule has 0 aliphatic heterocycles. The minimum Gasteiger partial charge on any atom is -0.508 e. The molecule has 1 amide bonds. The molecule has 2 rings (SSSR count). The van der Waals surface area contributed by atoms with Gasteiger partial charge in [-0.1, -0.05) is 11.2 Å². The quantitative estimate of drug-likeness (QED) is 0.648. The van der Waals surface area contributed by atoms with Crippen LogP contribution in [0.5, 0.6) is 5.75 Å². The van der Waals surface area contributed by atoms with Crippen molar-refractivity contribution in [3.8, 4) is 5.75 Å². The molecule has 8 heteroatoms. The zero-order valence-electron chi connectivity index (χ0n) is 10.6. The summed E-state index contributed by atoms with van der Waals surface area (Å²) in [6, 6.07) is 7.31. The average molecular weight is 276 g/mol. The molecule has 0 aliphatic carbocycles. The number of rotatable bonds is 4. The molecule has 0 aliphatic rings. The van der Waals surface area contributed by atoms with Crippen LogP contribution in [0.4, 0.5) is 11.5 Å². The lowest BCUT2D eigenvalue weighted by Gasteiger charge is -2.04. The van der Waals surface area contributed by atoms with Crippen molar-refractivity contribution in [2.24, 2.45) is 0 Å². The number of benzene rings is 1. The summed E-state index contributed by atoms with van der Waals surface area (Å²) < 4.78 is 1.02. The Morgan fingerprint density at radius 2 is 2.25 bits per heavy atom. The van der Waals surface area contributed by atoms with Gasteiger partial charge in [-0.3, -0.25) is 4.79 Å². The molecule has 0 saturated heterocycles. The Hall–Kier alpha value is -2.90. The van der Waals surface area contributed by atoms with Crippen LogP contribution in [-0.4, -0.2) is 25.7 Å². The summed E-state index contributed by atoms with van der Waals surface area (Å²) in [6.07, 6.45) is 0. The first-order valence-corrected chi connectivity index (χ1v) is 5.73. The van der Waals surface area contributed by atoms with E-state index in [4.69, 9.17) is 0 Å². The molecular weight excluding hydrogens is 264 g/mol. The van der Waals surface area contributed by atoms with Crippen LogP contribution in [0.3, 0.4) is 0 Å². The largest absolute Gasteiger partial charge is 0.508 e. The molecule has 104 valence electrons. The topological polar surface area (TPSA) is 110 Å². The van der Waals surface area contributed by atoms with Gasteiger partial charge in [0, 0.05) is 11.8 Å². The van der Waals surface area contributed by atoms with Gasteiger partial charge in [0.1, 0.15) is 5.75 Å². The zero-order valence-corrected chi connectivity index (χ0v) is 10.6. The van der Waals surface area contributed by atoms with Crippen molar-refractivity contribution >= 4 is 17.4 Å². The smallest absolute Gasteiger partial charge is 0.345 e. The van der Waals surface area contributed by atoms with Crippen LogP contribution < -0.4 is 5.32 Å². The van der Waals surface area contributed by atoms with Crippen LogP contribution >= 0.6 is 0 Å². The lowest BCUT2D eigenvalue weighted by atomic mass is 10.3. The maximum atomic E-state index is 11.8. The lowest BCUT2D eigenvalue weighted by molar-refractivity contribution is -0.392. The van der Waals surface area contributed by atoms with Gasteiger partial charge in [-0.25, -0.2) is 0 Å². The second-order valence-electron chi connectivity index (χ2n) is 4.16. The number of aromatic hydroxyl groups is 1. The number of anilines is 1. The number of aromatic nitrogens is 2. The van der Waals surface area contributed by atoms with E-state index in [1.807, 2.05) is 0 Å². The molecule has 0 bridgehead atoms. The number of carbonyl (C=O) groups excluding carboxylic acids is 1. The van der Waals surface area contributed by atoms with Gasteiger partial charge in [-0.15, -0.1) is 4.68 Å². The summed E-state index contributed by atoms with van der Waals surface area (Å²) in [6.45, 7) is 1.33. The number of nitrogens with one attached hydrogen (secondary N) is 1. The number of aryl methyl sites for hydroxylation is 1. The summed E-state index contributed by atoms with van der Waals surface area (Å²) in [4.78, 5) is 22.0. The van der Waals surface area contributed by atoms with Crippen molar-refractivity contribution in [1.82, 2.24) is 9.78 Å². The number of nitrogens with zero attached hydrogens (tertiary/aromatic N) is 3. The Morgan fingerprint density at radius 1 is 1.50 bits per heavy atom. The molecule has 20 heavy (non-hydrogen) atoms. The van der Waals surface area contributed by atoms with E-state index in [0.29, 0.717) is 11.4 Å². The zero-order chi connectivity index (χ0) is 14.7. The standard InChI is InChI=1S/C12H12N4O4/c1-8-5-12(16(19)20)15(14-8)7-11(18)13-9-3-2-4-10(17)6-9/h2-6,17H,7H2,1H3,(H,13,18). The molecule has 0 fully saturated rings. The molecule has 1 aromatic heterocycles. The molecule has 1 heterocycles. The maximum absolute atomic E-state index is 11.8. The Kier molecular flexibility index (Phi) is 3.65. The van der Waals surface area contributed by atoms with Gasteiger partial charge in [-0.2, -0.15) is 0 Å². The highest BCUT2D eigenvalue weighted by molar-refractivity contribution is 5.90. The summed E-state index contributed by atoms with van der Waals surface area (Å²) in [5.41, 5.74) is 0.864. The lowest BCUT2D eigenvalue weighted by Crippen LogP contribution is -2.20. The number of hydrogen-bond donors (Lipinski definition) is 2. The molecule has 0 radical (unpaired) electrons. The van der Waals surface area contributed by atoms with Crippen molar-refractivity contribution in [3.05, 3.63) is 46.1 Å². The van der Waals surface area contributed by atoms with Crippen molar-refractivity contribution in [1.29, 1.82) is 0 Å². The van der Waals surface area contributed by atoms with E-state index >= 15 is 0 Å². The average Bonchev–Trinajstić information content (AvgIpc) is 2.70. The monoisotopic (exact) mass is 276 g/mol. The summed E-state index contributed by atoms with van der Waals surface area (Å²) >= 11 is 0. The summed E-state index contributed by atoms with van der Waals surface area (Å²) in [5.74, 6) is -0.695. The Labute approximate surface area is 113 Å². The second-order valence-corrected chi connectivity index (χ2v) is 4.16. The molecule has 0 unspecified atom stereocenters. The number of hydrogen-bond acceptors (Lipinski definition) is 5. The highest BCUT2D eigenvalue weighted by Gasteiger charge is 2.19. The third kappa shape index (κ3) is 3.10. The van der Waals surface area contributed by atoms with Gasteiger partial charge in [0.2, 0.25) is 0 Å². The molecule has 2 N–H and O–H groups in total. The molecule has 2 aromatic rings. The van der Waals surface area contributed by atoms with Gasteiger partial charge < -0.3 is 20.5 Å². The van der Waals surface area contributed by atoms with Crippen molar-refractivity contribution in [3.63, 3.8) is 0 Å². The van der Waals surface area contributed by atoms with E-state index in [-0.39, 0.29) is 18.1 Å². The number of phenolic OH excluding ortho intramolecular Hbond substituents is 1. The van der Waals surface area contributed by atoms with E-state index in [0.717, 1.165) is 4.68 Å². The highest BCUT2D eigenvalue weighted by Crippen LogP contribution is 2.16. The number of carbonyl (C=O) groups is 1. The van der Waals surface area contributed by atoms with E-state index in [9.17, 15) is 20.0 Å². The molecule has 0 saturated carbocycles. The number of phenols is 1. The van der Waals surface area contributed by atoms with Gasteiger partial charge in [0.25, 0.3) is 5.91 Å². The highest BCUT2D eigenvalue weighted by atomic mass is 16.6. The van der Waals surface area contributed by atoms with Crippen LogP contribution in [0.2, 0.25) is 0 Å². The fraction of sp³-hybridized carbons (Fsp3) is 0.167. The summed E-state index contributed by atoms with van der Waals surface area (Å²) in [7, 11) is 0. The predicted molar refractivity (Wildman–Crippen MR) is 70.4 cm³/mol. The molecule has 1 aromatic carbocycles. The van der Waals surface area contributed by atoms with E-state index in [2.05, 4.69) is 10.4 Å². The molecular formula is C12H12N4O4. The summed E-state index contributed by atoms with van der Waals surface area (Å²) in [5, 5.41) is 26.5. The third-order valence-electron chi connectivity index (χ3n) is 2.49. The van der Waals surface area contributed by atoms with E-state index in [1.165, 1.54) is 18.2 Å². The van der Waals surface area contributed by atoms with Crippen molar-refractivity contribution in [2.75, 3.05) is 5.32 Å². The van der Waals surface area contributed by atoms with Crippen LogP contribution in [0.15, 0.2) is 30.3 Å². The van der Waals surface area contributed by atoms with Crippen molar-refractivity contribution in [2.45, 2.75) is 13.5 Å². The predicted octanol–water partition coefficient (Wildman–Crippen LogP) is 1.44. The maximum Gasteiger partial charge on any atom is 0.345 e. The van der Waals surface area contributed by atoms with Gasteiger partial charge in [-0.05, 0) is 24.0 Å². The van der Waals surface area contributed by atoms with Crippen LogP contribution in [0, 0.1) is 17.0 Å². The number of nitro groups is 1. The Balaban J connectivity index is 2.10. The number of amides is 1. The van der Waals surface area contributed by atoms with Crippen molar-refractivity contribution < 1.29 is 14.8 Å². The molecule has 0 spiro atoms. The van der Waals surface area contributed by atoms with Gasteiger partial charge in [0.15, 0.2) is 6.54 Å². The van der Waals surface area contributed by atoms with Gasteiger partial charge >= 0.3 is 5.82 Å². The first-order valence-electron chi connectivity index (χ1n) is 5.73. The van der Waals surface area contributed by atoms with E-state index in [1.54, 1.807) is 19.1 Å². The Bertz CT molecular complexity index is 665. The minimum atomic E-state index is -0.596. The minimum absolute atomic E-state index is 0.0173. The first kappa shape index (κ1) is 13.5. The van der Waals surface area contributed by atoms with Crippen LogP contribution in [0.1, 0.15) is 5.69 Å². The van der Waals surface area contributed by atoms with Gasteiger partial charge in [0.05, 0.1) is 11.8 Å². The SMILES string of the molecule is Cc1cc([N+](=O)[O-])n(CC(=O)Nc2cccc(O)c2)n1. The van der Waals surface area contributed by atoms with Crippen LogP contribution in [0.25, 0.3) is 0 Å².